The van der Waals surface area contributed by atoms with Crippen molar-refractivity contribution >= 4 is 0 Å². The maximum atomic E-state index is 10.2. The first-order chi connectivity index (χ1) is 13.6. The predicted molar refractivity (Wildman–Crippen MR) is 124 cm³/mol. The molecule has 0 heterocycles. The van der Waals surface area contributed by atoms with Crippen LogP contribution in [0.1, 0.15) is 22.3 Å². The van der Waals surface area contributed by atoms with Crippen LogP contribution in [0.4, 0.5) is 0 Å². The van der Waals surface area contributed by atoms with Crippen molar-refractivity contribution in [3.63, 3.8) is 0 Å². The molecular weight excluding hydrogens is 360 g/mol. The van der Waals surface area contributed by atoms with E-state index in [9.17, 15) is 5.11 Å². The maximum absolute atomic E-state index is 10.2. The van der Waals surface area contributed by atoms with E-state index in [2.05, 4.69) is 86.2 Å². The van der Waals surface area contributed by atoms with E-state index < -0.39 is 0 Å². The summed E-state index contributed by atoms with van der Waals surface area (Å²) in [4.78, 5) is 8.56. The summed E-state index contributed by atoms with van der Waals surface area (Å²) in [6.45, 7) is 3.53. The van der Waals surface area contributed by atoms with Crippen molar-refractivity contribution in [2.45, 2.75) is 26.2 Å². The van der Waals surface area contributed by atoms with Crippen molar-refractivity contribution in [2.24, 2.45) is 0 Å². The van der Waals surface area contributed by atoms with E-state index in [1.165, 1.54) is 16.7 Å². The zero-order valence-electron chi connectivity index (χ0n) is 19.6. The van der Waals surface area contributed by atoms with Gasteiger partial charge < -0.3 is 24.7 Å². The molecule has 0 aliphatic heterocycles. The summed E-state index contributed by atoms with van der Waals surface area (Å²) >= 11 is 0. The normalized spacial score (nSPS) is 11.3. The molecule has 5 nitrogen and oxygen atoms in total. The zero-order valence-corrected chi connectivity index (χ0v) is 19.6. The molecule has 0 spiro atoms. The van der Waals surface area contributed by atoms with Crippen LogP contribution in [0.3, 0.4) is 0 Å². The Kier molecular flexibility index (Phi) is 10.9. The van der Waals surface area contributed by atoms with Gasteiger partial charge in [-0.1, -0.05) is 36.4 Å². The molecule has 0 radical (unpaired) electrons. The molecule has 0 saturated heterocycles. The lowest BCUT2D eigenvalue weighted by Gasteiger charge is -2.23. The van der Waals surface area contributed by atoms with Crippen molar-refractivity contribution < 1.29 is 5.11 Å². The summed E-state index contributed by atoms with van der Waals surface area (Å²) in [5.41, 5.74) is 4.94. The maximum Gasteiger partial charge on any atom is 0.120 e. The van der Waals surface area contributed by atoms with Gasteiger partial charge in [0, 0.05) is 31.7 Å². The largest absolute Gasteiger partial charge is 0.508 e. The first kappa shape index (κ1) is 25.1. The Labute approximate surface area is 178 Å². The third kappa shape index (κ3) is 9.90. The molecule has 0 bridgehead atoms. The molecule has 162 valence electrons. The molecule has 2 rings (SSSR count). The van der Waals surface area contributed by atoms with E-state index in [1.807, 2.05) is 32.3 Å². The molecule has 0 amide bonds. The van der Waals surface area contributed by atoms with Gasteiger partial charge in [0.1, 0.15) is 5.75 Å². The van der Waals surface area contributed by atoms with Gasteiger partial charge in [0.2, 0.25) is 0 Å². The van der Waals surface area contributed by atoms with Crippen molar-refractivity contribution in [2.75, 3.05) is 56.4 Å². The van der Waals surface area contributed by atoms with E-state index in [0.717, 1.165) is 31.7 Å². The molecule has 1 N–H and O–H groups in total. The smallest absolute Gasteiger partial charge is 0.120 e. The van der Waals surface area contributed by atoms with Gasteiger partial charge in [-0.2, -0.15) is 0 Å². The molecule has 2 aromatic rings. The molecule has 0 aliphatic rings. The number of rotatable bonds is 8. The van der Waals surface area contributed by atoms with Gasteiger partial charge in [-0.25, -0.2) is 0 Å². The Morgan fingerprint density at radius 3 is 1.52 bits per heavy atom. The van der Waals surface area contributed by atoms with Crippen molar-refractivity contribution in [1.29, 1.82) is 0 Å². The highest BCUT2D eigenvalue weighted by Crippen LogP contribution is 2.27. The first-order valence-electron chi connectivity index (χ1n) is 10.1. The molecule has 0 unspecified atom stereocenters. The second kappa shape index (κ2) is 12.6. The molecule has 0 aliphatic carbocycles. The standard InChI is InChI=1S/C15H27N3O.C9H13N/c1-16(2)9-12-7-8-15(19)14(11-18(5)6)13(12)10-17(3)4;1-10(2)8-9-6-4-3-5-7-9/h7-8,19H,9-11H2,1-6H3;3-7H,8H2,1-2H3. The quantitative estimate of drug-likeness (QED) is 0.735. The molecular formula is C24H40N4O. The SMILES string of the molecule is CN(C)Cc1ccc(O)c(CN(C)C)c1CN(C)C.CN(C)Cc1ccccc1. The van der Waals surface area contributed by atoms with Gasteiger partial charge in [-0.05, 0) is 79.1 Å². The van der Waals surface area contributed by atoms with Crippen molar-refractivity contribution in [3.8, 4) is 5.75 Å². The fourth-order valence-corrected chi connectivity index (χ4v) is 3.17. The number of benzene rings is 2. The summed E-state index contributed by atoms with van der Waals surface area (Å²) in [6, 6.07) is 14.3. The van der Waals surface area contributed by atoms with Crippen LogP contribution in [-0.4, -0.2) is 81.1 Å². The first-order valence-corrected chi connectivity index (χ1v) is 10.1. The molecule has 29 heavy (non-hydrogen) atoms. The number of hydrogen-bond donors (Lipinski definition) is 1. The van der Waals surface area contributed by atoms with E-state index in [1.54, 1.807) is 0 Å². The van der Waals surface area contributed by atoms with Crippen molar-refractivity contribution in [1.82, 2.24) is 19.6 Å². The highest BCUT2D eigenvalue weighted by atomic mass is 16.3. The second-order valence-corrected chi connectivity index (χ2v) is 8.64. The predicted octanol–water partition coefficient (Wildman–Crippen LogP) is 3.33. The fourth-order valence-electron chi connectivity index (χ4n) is 3.17. The summed E-state index contributed by atoms with van der Waals surface area (Å²) in [7, 11) is 16.5. The van der Waals surface area contributed by atoms with Crippen molar-refractivity contribution in [3.05, 3.63) is 64.7 Å². The fraction of sp³-hybridized carbons (Fsp3) is 0.500. The molecule has 0 aromatic heterocycles. The van der Waals surface area contributed by atoms with Gasteiger partial charge in [0.05, 0.1) is 0 Å². The minimum Gasteiger partial charge on any atom is -0.508 e. The number of phenolic OH excluding ortho intramolecular Hbond substituents is 1. The summed E-state index contributed by atoms with van der Waals surface area (Å²) in [6.07, 6.45) is 0. The van der Waals surface area contributed by atoms with Crippen LogP contribution < -0.4 is 0 Å². The molecule has 0 saturated carbocycles. The number of nitrogens with zero attached hydrogens (tertiary/aromatic N) is 4. The lowest BCUT2D eigenvalue weighted by atomic mass is 9.98. The van der Waals surface area contributed by atoms with E-state index >= 15 is 0 Å². The topological polar surface area (TPSA) is 33.2 Å². The van der Waals surface area contributed by atoms with Crippen LogP contribution in [-0.2, 0) is 26.2 Å². The van der Waals surface area contributed by atoms with Gasteiger partial charge in [-0.15, -0.1) is 0 Å². The minimum absolute atomic E-state index is 0.396. The van der Waals surface area contributed by atoms with Gasteiger partial charge in [-0.3, -0.25) is 0 Å². The van der Waals surface area contributed by atoms with E-state index in [0.29, 0.717) is 5.75 Å². The Morgan fingerprint density at radius 1 is 0.552 bits per heavy atom. The Balaban J connectivity index is 0.000000352. The van der Waals surface area contributed by atoms with Gasteiger partial charge in [0.15, 0.2) is 0 Å². The highest BCUT2D eigenvalue weighted by molar-refractivity contribution is 5.44. The van der Waals surface area contributed by atoms with Crippen LogP contribution in [0.5, 0.6) is 5.75 Å². The zero-order chi connectivity index (χ0) is 22.0. The summed E-state index contributed by atoms with van der Waals surface area (Å²) < 4.78 is 0. The Hall–Kier alpha value is -1.92. The number of hydrogen-bond acceptors (Lipinski definition) is 5. The number of aromatic hydroxyl groups is 1. The van der Waals surface area contributed by atoms with Crippen LogP contribution in [0.2, 0.25) is 0 Å². The van der Waals surface area contributed by atoms with E-state index in [-0.39, 0.29) is 0 Å². The molecule has 0 atom stereocenters. The monoisotopic (exact) mass is 400 g/mol. The second-order valence-electron chi connectivity index (χ2n) is 8.64. The van der Waals surface area contributed by atoms with Crippen LogP contribution >= 0.6 is 0 Å². The van der Waals surface area contributed by atoms with E-state index in [4.69, 9.17) is 0 Å². The lowest BCUT2D eigenvalue weighted by molar-refractivity contribution is 0.359. The van der Waals surface area contributed by atoms with Crippen LogP contribution in [0.25, 0.3) is 0 Å². The van der Waals surface area contributed by atoms with Crippen LogP contribution in [0, 0.1) is 0 Å². The summed E-state index contributed by atoms with van der Waals surface area (Å²) in [5.74, 6) is 0.396. The Morgan fingerprint density at radius 2 is 1.03 bits per heavy atom. The number of phenols is 1. The third-order valence-corrected chi connectivity index (χ3v) is 4.28. The minimum atomic E-state index is 0.396. The lowest BCUT2D eigenvalue weighted by Crippen LogP contribution is -2.20. The highest BCUT2D eigenvalue weighted by Gasteiger charge is 2.15. The molecule has 0 fully saturated rings. The average molecular weight is 401 g/mol. The van der Waals surface area contributed by atoms with Crippen LogP contribution in [0.15, 0.2) is 42.5 Å². The summed E-state index contributed by atoms with van der Waals surface area (Å²) in [5, 5.41) is 10.2. The molecule has 5 heteroatoms. The molecule has 2 aromatic carbocycles. The third-order valence-electron chi connectivity index (χ3n) is 4.28. The van der Waals surface area contributed by atoms with Gasteiger partial charge >= 0.3 is 0 Å². The van der Waals surface area contributed by atoms with Gasteiger partial charge in [0.25, 0.3) is 0 Å². The Bertz CT molecular complexity index is 712. The average Bonchev–Trinajstić information content (AvgIpc) is 2.60.